The van der Waals surface area contributed by atoms with Crippen LogP contribution in [0.25, 0.3) is 0 Å². The zero-order valence-electron chi connectivity index (χ0n) is 18.8. The molecule has 2 fully saturated rings. The highest BCUT2D eigenvalue weighted by Crippen LogP contribution is 2.35. The van der Waals surface area contributed by atoms with E-state index in [-0.39, 0.29) is 17.2 Å². The van der Waals surface area contributed by atoms with Crippen molar-refractivity contribution in [3.8, 4) is 5.75 Å². The molecule has 1 aromatic carbocycles. The van der Waals surface area contributed by atoms with Gasteiger partial charge in [0.15, 0.2) is 0 Å². The van der Waals surface area contributed by atoms with Crippen LogP contribution in [0.2, 0.25) is 0 Å². The number of hydrogen-bond donors (Lipinski definition) is 1. The molecule has 0 aromatic heterocycles. The summed E-state index contributed by atoms with van der Waals surface area (Å²) >= 11 is 1.71. The standard InChI is InChI=1S/C23H35N3O4S/c1-17(2)15-21-26(23(28)18-5-7-19(29-3)8-6-18)20(16-31-21)22(27)24-9-4-10-25-11-13-30-14-12-25/h5-8,17,20-21H,4,9-16H2,1-3H3,(H,24,27). The average Bonchev–Trinajstić information content (AvgIpc) is 3.19. The van der Waals surface area contributed by atoms with Crippen LogP contribution < -0.4 is 10.1 Å². The Bertz CT molecular complexity index is 722. The topological polar surface area (TPSA) is 71.1 Å². The molecule has 7 nitrogen and oxygen atoms in total. The van der Waals surface area contributed by atoms with Crippen molar-refractivity contribution in [2.75, 3.05) is 52.3 Å². The van der Waals surface area contributed by atoms with Crippen LogP contribution in [0.15, 0.2) is 24.3 Å². The maximum absolute atomic E-state index is 13.4. The average molecular weight is 450 g/mol. The molecule has 2 atom stereocenters. The summed E-state index contributed by atoms with van der Waals surface area (Å²) in [6, 6.07) is 6.68. The molecule has 0 bridgehead atoms. The van der Waals surface area contributed by atoms with Crippen LogP contribution in [0.1, 0.15) is 37.0 Å². The summed E-state index contributed by atoms with van der Waals surface area (Å²) in [5, 5.41) is 3.08. The van der Waals surface area contributed by atoms with Crippen LogP contribution in [-0.4, -0.2) is 85.3 Å². The van der Waals surface area contributed by atoms with Crippen molar-refractivity contribution in [3.63, 3.8) is 0 Å². The van der Waals surface area contributed by atoms with Gasteiger partial charge in [-0.3, -0.25) is 14.5 Å². The van der Waals surface area contributed by atoms with E-state index in [2.05, 4.69) is 24.1 Å². The Labute approximate surface area is 189 Å². The molecule has 3 rings (SSSR count). The van der Waals surface area contributed by atoms with Gasteiger partial charge in [0.25, 0.3) is 5.91 Å². The number of rotatable bonds is 9. The van der Waals surface area contributed by atoms with Crippen LogP contribution in [-0.2, 0) is 9.53 Å². The van der Waals surface area contributed by atoms with E-state index in [4.69, 9.17) is 9.47 Å². The Morgan fingerprint density at radius 3 is 2.58 bits per heavy atom. The first-order chi connectivity index (χ1) is 15.0. The second kappa shape index (κ2) is 11.7. The Hall–Kier alpha value is -1.77. The summed E-state index contributed by atoms with van der Waals surface area (Å²) in [7, 11) is 1.60. The summed E-state index contributed by atoms with van der Waals surface area (Å²) in [6.45, 7) is 9.34. The number of nitrogens with zero attached hydrogens (tertiary/aromatic N) is 2. The molecular weight excluding hydrogens is 414 g/mol. The molecule has 0 aliphatic carbocycles. The van der Waals surface area contributed by atoms with Crippen molar-refractivity contribution in [1.29, 1.82) is 0 Å². The van der Waals surface area contributed by atoms with Crippen molar-refractivity contribution in [2.45, 2.75) is 38.1 Å². The first-order valence-corrected chi connectivity index (χ1v) is 12.2. The molecule has 2 saturated heterocycles. The lowest BCUT2D eigenvalue weighted by Crippen LogP contribution is -2.50. The quantitative estimate of drug-likeness (QED) is 0.584. The van der Waals surface area contributed by atoms with Gasteiger partial charge in [-0.1, -0.05) is 13.8 Å². The third-order valence-electron chi connectivity index (χ3n) is 5.69. The Kier molecular flexibility index (Phi) is 9.04. The van der Waals surface area contributed by atoms with Crippen LogP contribution >= 0.6 is 11.8 Å². The lowest BCUT2D eigenvalue weighted by molar-refractivity contribution is -0.124. The number of morpholine rings is 1. The predicted octanol–water partition coefficient (Wildman–Crippen LogP) is 2.46. The fraction of sp³-hybridized carbons (Fsp3) is 0.652. The molecule has 0 saturated carbocycles. The second-order valence-electron chi connectivity index (χ2n) is 8.47. The number of carbonyl (C=O) groups excluding carboxylic acids is 2. The van der Waals surface area contributed by atoms with Crippen LogP contribution in [0.5, 0.6) is 5.75 Å². The molecule has 0 spiro atoms. The number of carbonyl (C=O) groups is 2. The number of benzene rings is 1. The Morgan fingerprint density at radius 2 is 1.94 bits per heavy atom. The molecule has 2 unspecified atom stereocenters. The van der Waals surface area contributed by atoms with Gasteiger partial charge in [0.1, 0.15) is 11.8 Å². The lowest BCUT2D eigenvalue weighted by Gasteiger charge is -2.30. The number of hydrogen-bond acceptors (Lipinski definition) is 6. The van der Waals surface area contributed by atoms with Crippen LogP contribution in [0.4, 0.5) is 0 Å². The minimum absolute atomic E-state index is 0.0127. The second-order valence-corrected chi connectivity index (χ2v) is 9.68. The third-order valence-corrected chi connectivity index (χ3v) is 7.01. The number of amides is 2. The highest BCUT2D eigenvalue weighted by atomic mass is 32.2. The van der Waals surface area contributed by atoms with Gasteiger partial charge in [0.05, 0.1) is 25.7 Å². The summed E-state index contributed by atoms with van der Waals surface area (Å²) in [4.78, 5) is 30.5. The zero-order chi connectivity index (χ0) is 22.2. The maximum atomic E-state index is 13.4. The summed E-state index contributed by atoms with van der Waals surface area (Å²) in [5.74, 6) is 1.64. The Balaban J connectivity index is 1.60. The van der Waals surface area contributed by atoms with Crippen molar-refractivity contribution in [1.82, 2.24) is 15.1 Å². The van der Waals surface area contributed by atoms with E-state index in [1.807, 2.05) is 0 Å². The van der Waals surface area contributed by atoms with Crippen molar-refractivity contribution in [2.24, 2.45) is 5.92 Å². The van der Waals surface area contributed by atoms with Gasteiger partial charge in [-0.05, 0) is 49.6 Å². The first kappa shape index (κ1) is 23.9. The van der Waals surface area contributed by atoms with E-state index < -0.39 is 6.04 Å². The van der Waals surface area contributed by atoms with Gasteiger partial charge < -0.3 is 19.7 Å². The molecule has 1 N–H and O–H groups in total. The molecule has 2 aliphatic rings. The van der Waals surface area contributed by atoms with Gasteiger partial charge >= 0.3 is 0 Å². The van der Waals surface area contributed by atoms with E-state index in [0.29, 0.717) is 29.5 Å². The van der Waals surface area contributed by atoms with Crippen molar-refractivity contribution >= 4 is 23.6 Å². The highest BCUT2D eigenvalue weighted by Gasteiger charge is 2.41. The summed E-state index contributed by atoms with van der Waals surface area (Å²) in [6.07, 6.45) is 1.76. The smallest absolute Gasteiger partial charge is 0.255 e. The van der Waals surface area contributed by atoms with Crippen LogP contribution in [0.3, 0.4) is 0 Å². The summed E-state index contributed by atoms with van der Waals surface area (Å²) < 4.78 is 10.6. The minimum Gasteiger partial charge on any atom is -0.497 e. The van der Waals surface area contributed by atoms with E-state index in [1.165, 1.54) is 0 Å². The lowest BCUT2D eigenvalue weighted by atomic mass is 10.1. The number of nitrogens with one attached hydrogen (secondary N) is 1. The molecule has 172 valence electrons. The molecule has 2 amide bonds. The number of ether oxygens (including phenoxy) is 2. The highest BCUT2D eigenvalue weighted by molar-refractivity contribution is 8.00. The fourth-order valence-electron chi connectivity index (χ4n) is 3.96. The fourth-order valence-corrected chi connectivity index (χ4v) is 5.60. The predicted molar refractivity (Wildman–Crippen MR) is 124 cm³/mol. The van der Waals surface area contributed by atoms with Crippen LogP contribution in [0, 0.1) is 5.92 Å². The summed E-state index contributed by atoms with van der Waals surface area (Å²) in [5.41, 5.74) is 0.585. The zero-order valence-corrected chi connectivity index (χ0v) is 19.7. The molecule has 0 radical (unpaired) electrons. The normalized spacial score (nSPS) is 22.0. The molecule has 1 aromatic rings. The van der Waals surface area contributed by atoms with Crippen molar-refractivity contribution < 1.29 is 19.1 Å². The monoisotopic (exact) mass is 449 g/mol. The van der Waals surface area contributed by atoms with E-state index in [0.717, 1.165) is 45.7 Å². The van der Waals surface area contributed by atoms with Gasteiger partial charge in [-0.15, -0.1) is 11.8 Å². The Morgan fingerprint density at radius 1 is 1.23 bits per heavy atom. The van der Waals surface area contributed by atoms with Crippen molar-refractivity contribution in [3.05, 3.63) is 29.8 Å². The maximum Gasteiger partial charge on any atom is 0.255 e. The van der Waals surface area contributed by atoms with E-state index in [9.17, 15) is 9.59 Å². The van der Waals surface area contributed by atoms with Gasteiger partial charge in [0, 0.05) is 31.0 Å². The molecular formula is C23H35N3O4S. The largest absolute Gasteiger partial charge is 0.497 e. The molecule has 2 heterocycles. The van der Waals surface area contributed by atoms with E-state index in [1.54, 1.807) is 48.0 Å². The third kappa shape index (κ3) is 6.60. The molecule has 31 heavy (non-hydrogen) atoms. The number of thioether (sulfide) groups is 1. The number of methoxy groups -OCH3 is 1. The van der Waals surface area contributed by atoms with Gasteiger partial charge in [-0.2, -0.15) is 0 Å². The SMILES string of the molecule is COc1ccc(C(=O)N2C(CC(C)C)SCC2C(=O)NCCCN2CCOCC2)cc1. The van der Waals surface area contributed by atoms with E-state index >= 15 is 0 Å². The first-order valence-electron chi connectivity index (χ1n) is 11.2. The van der Waals surface area contributed by atoms with Gasteiger partial charge in [-0.25, -0.2) is 0 Å². The minimum atomic E-state index is -0.438. The molecule has 2 aliphatic heterocycles. The molecule has 8 heteroatoms. The van der Waals surface area contributed by atoms with Gasteiger partial charge in [0.2, 0.25) is 5.91 Å².